The molecule has 0 saturated heterocycles. The largest absolute Gasteiger partial charge is 0.478 e. The van der Waals surface area contributed by atoms with Gasteiger partial charge in [0.2, 0.25) is 6.10 Å². The third kappa shape index (κ3) is 3.24. The van der Waals surface area contributed by atoms with Gasteiger partial charge < -0.3 is 9.84 Å². The number of ether oxygens (including phenoxy) is 1. The first-order chi connectivity index (χ1) is 8.86. The average Bonchev–Trinajstić information content (AvgIpc) is 2.77. The van der Waals surface area contributed by atoms with Gasteiger partial charge >= 0.3 is 12.1 Å². The maximum absolute atomic E-state index is 12.4. The SMILES string of the molecule is O=C(O)C1CN=C(Cc2ccc(C(F)(F)F)cc2)O1. The molecule has 1 unspecified atom stereocenters. The molecule has 0 bridgehead atoms. The van der Waals surface area contributed by atoms with Crippen LogP contribution in [0.4, 0.5) is 13.2 Å². The molecule has 1 aromatic rings. The molecule has 0 aliphatic carbocycles. The number of carboxylic acid groups (broad SMARTS) is 1. The van der Waals surface area contributed by atoms with Gasteiger partial charge in [0.1, 0.15) is 0 Å². The van der Waals surface area contributed by atoms with Crippen molar-refractivity contribution in [3.05, 3.63) is 35.4 Å². The van der Waals surface area contributed by atoms with E-state index in [1.807, 2.05) is 0 Å². The molecule has 0 aromatic heterocycles. The molecule has 1 aliphatic heterocycles. The van der Waals surface area contributed by atoms with Crippen molar-refractivity contribution in [3.63, 3.8) is 0 Å². The highest BCUT2D eigenvalue weighted by Crippen LogP contribution is 2.29. The molecule has 1 aliphatic rings. The molecule has 2 rings (SSSR count). The summed E-state index contributed by atoms with van der Waals surface area (Å²) in [6.45, 7) is 0.0330. The van der Waals surface area contributed by atoms with E-state index in [9.17, 15) is 18.0 Å². The van der Waals surface area contributed by atoms with Gasteiger partial charge in [-0.15, -0.1) is 0 Å². The Kier molecular flexibility index (Phi) is 3.46. The highest BCUT2D eigenvalue weighted by molar-refractivity contribution is 5.85. The molecule has 1 atom stereocenters. The van der Waals surface area contributed by atoms with Crippen molar-refractivity contribution in [1.82, 2.24) is 0 Å². The molecule has 0 amide bonds. The minimum Gasteiger partial charge on any atom is -0.478 e. The zero-order valence-corrected chi connectivity index (χ0v) is 9.65. The van der Waals surface area contributed by atoms with Crippen LogP contribution >= 0.6 is 0 Å². The Morgan fingerprint density at radius 3 is 2.47 bits per heavy atom. The van der Waals surface area contributed by atoms with E-state index in [4.69, 9.17) is 9.84 Å². The van der Waals surface area contributed by atoms with Gasteiger partial charge in [-0.25, -0.2) is 4.79 Å². The second-order valence-corrected chi connectivity index (χ2v) is 4.05. The van der Waals surface area contributed by atoms with Crippen molar-refractivity contribution in [3.8, 4) is 0 Å². The van der Waals surface area contributed by atoms with E-state index >= 15 is 0 Å². The van der Waals surface area contributed by atoms with Gasteiger partial charge in [0.25, 0.3) is 0 Å². The maximum atomic E-state index is 12.4. The summed E-state index contributed by atoms with van der Waals surface area (Å²) in [7, 11) is 0. The predicted molar refractivity (Wildman–Crippen MR) is 60.0 cm³/mol. The smallest absolute Gasteiger partial charge is 0.416 e. The molecule has 19 heavy (non-hydrogen) atoms. The zero-order valence-electron chi connectivity index (χ0n) is 9.65. The first-order valence-corrected chi connectivity index (χ1v) is 5.45. The molecule has 1 aromatic carbocycles. The lowest BCUT2D eigenvalue weighted by atomic mass is 10.1. The number of nitrogens with zero attached hydrogens (tertiary/aromatic N) is 1. The van der Waals surface area contributed by atoms with Crippen molar-refractivity contribution >= 4 is 11.9 Å². The first-order valence-electron chi connectivity index (χ1n) is 5.45. The van der Waals surface area contributed by atoms with Crippen LogP contribution in [0.15, 0.2) is 29.3 Å². The number of alkyl halides is 3. The van der Waals surface area contributed by atoms with Crippen LogP contribution in [-0.2, 0) is 22.1 Å². The molecule has 0 saturated carbocycles. The summed E-state index contributed by atoms with van der Waals surface area (Å²) in [5.41, 5.74) is -0.147. The number of hydrogen-bond acceptors (Lipinski definition) is 3. The van der Waals surface area contributed by atoms with Crippen LogP contribution in [0.1, 0.15) is 11.1 Å². The number of carbonyl (C=O) groups is 1. The maximum Gasteiger partial charge on any atom is 0.416 e. The summed E-state index contributed by atoms with van der Waals surface area (Å²) in [6.07, 6.45) is -5.18. The van der Waals surface area contributed by atoms with Gasteiger partial charge in [-0.1, -0.05) is 12.1 Å². The van der Waals surface area contributed by atoms with E-state index in [1.54, 1.807) is 0 Å². The van der Waals surface area contributed by atoms with Crippen molar-refractivity contribution in [2.45, 2.75) is 18.7 Å². The molecule has 4 nitrogen and oxygen atoms in total. The Balaban J connectivity index is 2.00. The van der Waals surface area contributed by atoms with Crippen molar-refractivity contribution < 1.29 is 27.8 Å². The molecule has 102 valence electrons. The van der Waals surface area contributed by atoms with Gasteiger partial charge in [-0.2, -0.15) is 13.2 Å². The Morgan fingerprint density at radius 1 is 1.37 bits per heavy atom. The van der Waals surface area contributed by atoms with Gasteiger partial charge in [0.15, 0.2) is 5.90 Å². The predicted octanol–water partition coefficient (Wildman–Crippen LogP) is 2.13. The van der Waals surface area contributed by atoms with Crippen LogP contribution in [0.25, 0.3) is 0 Å². The Bertz CT molecular complexity index is 508. The van der Waals surface area contributed by atoms with E-state index < -0.39 is 23.8 Å². The Morgan fingerprint density at radius 2 is 2.00 bits per heavy atom. The number of halogens is 3. The minimum absolute atomic E-state index is 0.0330. The molecule has 0 fully saturated rings. The summed E-state index contributed by atoms with van der Waals surface area (Å²) in [4.78, 5) is 14.5. The van der Waals surface area contributed by atoms with Crippen LogP contribution in [0.5, 0.6) is 0 Å². The van der Waals surface area contributed by atoms with Crippen LogP contribution in [0.2, 0.25) is 0 Å². The standard InChI is InChI=1S/C12H10F3NO3/c13-12(14,15)8-3-1-7(2-4-8)5-10-16-6-9(19-10)11(17)18/h1-4,9H,5-6H2,(H,17,18). The van der Waals surface area contributed by atoms with Crippen LogP contribution < -0.4 is 0 Å². The second-order valence-electron chi connectivity index (χ2n) is 4.05. The average molecular weight is 273 g/mol. The van der Waals surface area contributed by atoms with Gasteiger partial charge in [-0.05, 0) is 17.7 Å². The highest BCUT2D eigenvalue weighted by Gasteiger charge is 2.30. The second kappa shape index (κ2) is 4.91. The monoisotopic (exact) mass is 273 g/mol. The lowest BCUT2D eigenvalue weighted by Gasteiger charge is -2.08. The fraction of sp³-hybridized carbons (Fsp3) is 0.333. The molecular formula is C12H10F3NO3. The molecule has 1 heterocycles. The van der Waals surface area contributed by atoms with E-state index in [2.05, 4.69) is 4.99 Å². The number of rotatable bonds is 3. The zero-order chi connectivity index (χ0) is 14.0. The fourth-order valence-electron chi connectivity index (χ4n) is 1.64. The van der Waals surface area contributed by atoms with E-state index in [0.29, 0.717) is 5.56 Å². The van der Waals surface area contributed by atoms with Crippen molar-refractivity contribution in [1.29, 1.82) is 0 Å². The highest BCUT2D eigenvalue weighted by atomic mass is 19.4. The molecule has 7 heteroatoms. The Hall–Kier alpha value is -2.05. The van der Waals surface area contributed by atoms with Crippen LogP contribution in [0.3, 0.4) is 0 Å². The lowest BCUT2D eigenvalue weighted by molar-refractivity contribution is -0.144. The van der Waals surface area contributed by atoms with E-state index in [1.165, 1.54) is 12.1 Å². The number of benzene rings is 1. The number of aliphatic imine (C=N–C) groups is 1. The fourth-order valence-corrected chi connectivity index (χ4v) is 1.64. The third-order valence-corrected chi connectivity index (χ3v) is 2.62. The van der Waals surface area contributed by atoms with Gasteiger partial charge in [-0.3, -0.25) is 4.99 Å². The summed E-state index contributed by atoms with van der Waals surface area (Å²) >= 11 is 0. The molecule has 0 spiro atoms. The summed E-state index contributed by atoms with van der Waals surface area (Å²) in [5, 5.41) is 8.70. The first kappa shape index (κ1) is 13.4. The number of hydrogen-bond donors (Lipinski definition) is 1. The number of aliphatic carboxylic acids is 1. The summed E-state index contributed by atoms with van der Waals surface area (Å²) in [5.74, 6) is -0.877. The molecule has 1 N–H and O–H groups in total. The van der Waals surface area contributed by atoms with Crippen molar-refractivity contribution in [2.75, 3.05) is 6.54 Å². The molecular weight excluding hydrogens is 263 g/mol. The van der Waals surface area contributed by atoms with E-state index in [0.717, 1.165) is 12.1 Å². The van der Waals surface area contributed by atoms with Crippen molar-refractivity contribution in [2.24, 2.45) is 4.99 Å². The van der Waals surface area contributed by atoms with E-state index in [-0.39, 0.29) is 18.9 Å². The lowest BCUT2D eigenvalue weighted by Crippen LogP contribution is -2.24. The number of carboxylic acids is 1. The Labute approximate surface area is 106 Å². The summed E-state index contributed by atoms with van der Waals surface area (Å²) in [6, 6.07) is 4.59. The van der Waals surface area contributed by atoms with Crippen LogP contribution in [-0.4, -0.2) is 29.6 Å². The normalized spacial score (nSPS) is 18.9. The summed E-state index contributed by atoms with van der Waals surface area (Å²) < 4.78 is 42.1. The van der Waals surface area contributed by atoms with Gasteiger partial charge in [0, 0.05) is 6.42 Å². The minimum atomic E-state index is -4.37. The third-order valence-electron chi connectivity index (χ3n) is 2.62. The quantitative estimate of drug-likeness (QED) is 0.917. The topological polar surface area (TPSA) is 58.9 Å². The van der Waals surface area contributed by atoms with Gasteiger partial charge in [0.05, 0.1) is 12.1 Å². The van der Waals surface area contributed by atoms with Crippen LogP contribution in [0, 0.1) is 0 Å². The molecule has 0 radical (unpaired) electrons.